The van der Waals surface area contributed by atoms with Gasteiger partial charge in [-0.1, -0.05) is 18.1 Å². The van der Waals surface area contributed by atoms with Gasteiger partial charge >= 0.3 is 0 Å². The average Bonchev–Trinajstić information content (AvgIpc) is 3.04. The number of carbonyl (C=O) groups is 1. The highest BCUT2D eigenvalue weighted by molar-refractivity contribution is 5.93. The number of methoxy groups -OCH3 is 2. The van der Waals surface area contributed by atoms with Gasteiger partial charge in [-0.15, -0.1) is 0 Å². The number of aryl methyl sites for hydroxylation is 1. The molecule has 6 heteroatoms. The van der Waals surface area contributed by atoms with Crippen molar-refractivity contribution in [2.45, 2.75) is 32.6 Å². The van der Waals surface area contributed by atoms with E-state index in [0.717, 1.165) is 36.1 Å². The van der Waals surface area contributed by atoms with Crippen LogP contribution >= 0.6 is 0 Å². The van der Waals surface area contributed by atoms with E-state index in [0.29, 0.717) is 36.1 Å². The summed E-state index contributed by atoms with van der Waals surface area (Å²) in [5.74, 6) is 2.64. The molecule has 0 fully saturated rings. The summed E-state index contributed by atoms with van der Waals surface area (Å²) in [5, 5.41) is 6.92. The predicted molar refractivity (Wildman–Crippen MR) is 93.3 cm³/mol. The summed E-state index contributed by atoms with van der Waals surface area (Å²) in [5.41, 5.74) is 2.48. The Bertz CT molecular complexity index is 754. The predicted octanol–water partition coefficient (Wildman–Crippen LogP) is 2.79. The van der Waals surface area contributed by atoms with E-state index < -0.39 is 0 Å². The summed E-state index contributed by atoms with van der Waals surface area (Å²) in [6.07, 6.45) is 3.50. The second kappa shape index (κ2) is 7.59. The van der Waals surface area contributed by atoms with Gasteiger partial charge < -0.3 is 19.3 Å². The Kier molecular flexibility index (Phi) is 5.26. The van der Waals surface area contributed by atoms with Crippen LogP contribution in [0.4, 0.5) is 0 Å². The number of benzene rings is 1. The number of carbonyl (C=O) groups excluding carboxylic acids is 1. The van der Waals surface area contributed by atoms with E-state index in [9.17, 15) is 4.79 Å². The van der Waals surface area contributed by atoms with Crippen molar-refractivity contribution in [2.75, 3.05) is 20.8 Å². The normalized spacial score (nSPS) is 16.2. The quantitative estimate of drug-likeness (QED) is 0.872. The first-order valence-electron chi connectivity index (χ1n) is 8.59. The molecule has 1 N–H and O–H groups in total. The van der Waals surface area contributed by atoms with Crippen LogP contribution in [0.1, 0.15) is 40.7 Å². The molecule has 134 valence electrons. The van der Waals surface area contributed by atoms with Crippen molar-refractivity contribution in [1.82, 2.24) is 10.5 Å². The number of fused-ring (bicyclic) bond motifs is 1. The topological polar surface area (TPSA) is 73.6 Å². The van der Waals surface area contributed by atoms with Crippen molar-refractivity contribution >= 4 is 5.91 Å². The third kappa shape index (κ3) is 3.78. The Morgan fingerprint density at radius 3 is 2.88 bits per heavy atom. The van der Waals surface area contributed by atoms with E-state index in [-0.39, 0.29) is 5.91 Å². The summed E-state index contributed by atoms with van der Waals surface area (Å²) in [7, 11) is 3.22. The number of hydrogen-bond donors (Lipinski definition) is 1. The lowest BCUT2D eigenvalue weighted by atomic mass is 9.88. The molecule has 0 spiro atoms. The lowest BCUT2D eigenvalue weighted by molar-refractivity contribution is 0.0944. The number of hydrogen-bond acceptors (Lipinski definition) is 5. The molecule has 1 atom stereocenters. The highest BCUT2D eigenvalue weighted by Crippen LogP contribution is 2.28. The fraction of sp³-hybridized carbons (Fsp3) is 0.474. The molecule has 3 rings (SSSR count). The minimum absolute atomic E-state index is 0.167. The molecule has 0 aliphatic heterocycles. The van der Waals surface area contributed by atoms with Gasteiger partial charge in [-0.25, -0.2) is 0 Å². The van der Waals surface area contributed by atoms with Gasteiger partial charge in [0.15, 0.2) is 17.2 Å². The molecular formula is C19H24N2O4. The number of amides is 1. The SMILES string of the molecule is COc1ccc(CCNC(=O)c2noc3c2CC(C)CC3)cc1OC. The lowest BCUT2D eigenvalue weighted by Gasteiger charge is -2.16. The van der Waals surface area contributed by atoms with Crippen molar-refractivity contribution in [1.29, 1.82) is 0 Å². The summed E-state index contributed by atoms with van der Waals surface area (Å²) in [6, 6.07) is 5.75. The van der Waals surface area contributed by atoms with Crippen molar-refractivity contribution in [3.05, 3.63) is 40.8 Å². The molecule has 1 aromatic heterocycles. The van der Waals surface area contributed by atoms with E-state index in [1.165, 1.54) is 0 Å². The third-order valence-corrected chi connectivity index (χ3v) is 4.65. The minimum atomic E-state index is -0.167. The second-order valence-corrected chi connectivity index (χ2v) is 6.48. The molecular weight excluding hydrogens is 320 g/mol. The van der Waals surface area contributed by atoms with Crippen molar-refractivity contribution in [2.24, 2.45) is 5.92 Å². The minimum Gasteiger partial charge on any atom is -0.493 e. The monoisotopic (exact) mass is 344 g/mol. The summed E-state index contributed by atoms with van der Waals surface area (Å²) in [4.78, 5) is 12.4. The van der Waals surface area contributed by atoms with Gasteiger partial charge in [-0.2, -0.15) is 0 Å². The Labute approximate surface area is 147 Å². The molecule has 1 heterocycles. The van der Waals surface area contributed by atoms with Gasteiger partial charge in [0.2, 0.25) is 0 Å². The molecule has 0 bridgehead atoms. The highest BCUT2D eigenvalue weighted by Gasteiger charge is 2.26. The number of aromatic nitrogens is 1. The zero-order valence-corrected chi connectivity index (χ0v) is 14.9. The fourth-order valence-corrected chi connectivity index (χ4v) is 3.20. The fourth-order valence-electron chi connectivity index (χ4n) is 3.20. The smallest absolute Gasteiger partial charge is 0.273 e. The molecule has 1 aliphatic rings. The molecule has 1 unspecified atom stereocenters. The van der Waals surface area contributed by atoms with Crippen LogP contribution in [0, 0.1) is 5.92 Å². The number of nitrogens with zero attached hydrogens (tertiary/aromatic N) is 1. The summed E-state index contributed by atoms with van der Waals surface area (Å²) < 4.78 is 15.9. The highest BCUT2D eigenvalue weighted by atomic mass is 16.5. The van der Waals surface area contributed by atoms with Crippen LogP contribution < -0.4 is 14.8 Å². The van der Waals surface area contributed by atoms with Gasteiger partial charge in [0, 0.05) is 18.5 Å². The number of rotatable bonds is 6. The standard InChI is InChI=1S/C19H24N2O4/c1-12-4-6-15-14(10-12)18(21-25-15)19(22)20-9-8-13-5-7-16(23-2)17(11-13)24-3/h5,7,11-12H,4,6,8-10H2,1-3H3,(H,20,22). The van der Waals surface area contributed by atoms with Gasteiger partial charge in [0.1, 0.15) is 5.76 Å². The molecule has 0 saturated carbocycles. The molecule has 1 aliphatic carbocycles. The zero-order chi connectivity index (χ0) is 17.8. The Balaban J connectivity index is 1.59. The molecule has 1 aromatic carbocycles. The van der Waals surface area contributed by atoms with E-state index >= 15 is 0 Å². The molecule has 25 heavy (non-hydrogen) atoms. The molecule has 2 aromatic rings. The lowest BCUT2D eigenvalue weighted by Crippen LogP contribution is -2.27. The third-order valence-electron chi connectivity index (χ3n) is 4.65. The summed E-state index contributed by atoms with van der Waals surface area (Å²) >= 11 is 0. The Morgan fingerprint density at radius 2 is 2.12 bits per heavy atom. The van der Waals surface area contributed by atoms with E-state index in [1.807, 2.05) is 18.2 Å². The van der Waals surface area contributed by atoms with Gasteiger partial charge in [0.25, 0.3) is 5.91 Å². The first-order chi connectivity index (χ1) is 12.1. The van der Waals surface area contributed by atoms with Crippen molar-refractivity contribution < 1.29 is 18.8 Å². The van der Waals surface area contributed by atoms with Crippen LogP contribution in [0.25, 0.3) is 0 Å². The molecule has 6 nitrogen and oxygen atoms in total. The van der Waals surface area contributed by atoms with Gasteiger partial charge in [-0.3, -0.25) is 4.79 Å². The average molecular weight is 344 g/mol. The van der Waals surface area contributed by atoms with Gasteiger partial charge in [0.05, 0.1) is 14.2 Å². The van der Waals surface area contributed by atoms with Crippen LogP contribution in [-0.2, 0) is 19.3 Å². The second-order valence-electron chi connectivity index (χ2n) is 6.48. The molecule has 1 amide bonds. The molecule has 0 radical (unpaired) electrons. The van der Waals surface area contributed by atoms with E-state index in [2.05, 4.69) is 17.4 Å². The van der Waals surface area contributed by atoms with Crippen molar-refractivity contribution in [3.8, 4) is 11.5 Å². The maximum atomic E-state index is 12.4. The van der Waals surface area contributed by atoms with E-state index in [1.54, 1.807) is 14.2 Å². The van der Waals surface area contributed by atoms with Crippen LogP contribution in [0.15, 0.2) is 22.7 Å². The van der Waals surface area contributed by atoms with Gasteiger partial charge in [-0.05, 0) is 42.9 Å². The van der Waals surface area contributed by atoms with Crippen LogP contribution in [-0.4, -0.2) is 31.8 Å². The first kappa shape index (κ1) is 17.3. The van der Waals surface area contributed by atoms with Crippen LogP contribution in [0.5, 0.6) is 11.5 Å². The number of nitrogens with one attached hydrogen (secondary N) is 1. The Morgan fingerprint density at radius 1 is 1.32 bits per heavy atom. The molecule has 0 saturated heterocycles. The first-order valence-corrected chi connectivity index (χ1v) is 8.59. The Hall–Kier alpha value is -2.50. The number of ether oxygens (including phenoxy) is 2. The van der Waals surface area contributed by atoms with Crippen molar-refractivity contribution in [3.63, 3.8) is 0 Å². The van der Waals surface area contributed by atoms with E-state index in [4.69, 9.17) is 14.0 Å². The largest absolute Gasteiger partial charge is 0.493 e. The zero-order valence-electron chi connectivity index (χ0n) is 14.9. The summed E-state index contributed by atoms with van der Waals surface area (Å²) in [6.45, 7) is 2.71. The maximum Gasteiger partial charge on any atom is 0.273 e. The van der Waals surface area contributed by atoms with Crippen LogP contribution in [0.3, 0.4) is 0 Å². The maximum absolute atomic E-state index is 12.4. The van der Waals surface area contributed by atoms with Crippen LogP contribution in [0.2, 0.25) is 0 Å².